The van der Waals surface area contributed by atoms with Gasteiger partial charge in [0, 0.05) is 19.3 Å². The Morgan fingerprint density at radius 3 is 0.803 bits per heavy atom. The molecule has 0 aromatic heterocycles. The maximum Gasteiger partial charge on any atom is 0.306 e. The molecule has 0 N–H and O–H groups in total. The number of allylic oxidation sites excluding steroid dienone is 18. The van der Waals surface area contributed by atoms with Crippen molar-refractivity contribution in [2.75, 3.05) is 13.2 Å². The van der Waals surface area contributed by atoms with Crippen molar-refractivity contribution in [3.63, 3.8) is 0 Å². The molecule has 1 unspecified atom stereocenters. The molecule has 0 aromatic carbocycles. The van der Waals surface area contributed by atoms with Crippen molar-refractivity contribution >= 4 is 17.9 Å². The molecule has 0 fully saturated rings. The van der Waals surface area contributed by atoms with Gasteiger partial charge in [0.15, 0.2) is 6.10 Å². The molecule has 0 bridgehead atoms. The monoisotopic (exact) mass is 1050 g/mol. The predicted molar refractivity (Wildman–Crippen MR) is 330 cm³/mol. The molecule has 434 valence electrons. The van der Waals surface area contributed by atoms with E-state index in [4.69, 9.17) is 14.2 Å². The highest BCUT2D eigenvalue weighted by atomic mass is 16.6. The maximum absolute atomic E-state index is 12.9. The fourth-order valence-corrected chi connectivity index (χ4v) is 8.81. The minimum absolute atomic E-state index is 0.0907. The number of hydrogen-bond donors (Lipinski definition) is 0. The standard InChI is InChI=1S/C70H118O6/c1-4-7-10-13-16-19-22-25-28-30-32-33-34-35-36-37-38-40-42-45-48-51-54-57-60-63-69(72)75-66-67(65-74-68(71)62-59-56-53-50-47-44-41-27-24-21-18-15-12-9-6-3)76-70(73)64-61-58-55-52-49-46-43-39-31-29-26-23-20-17-14-11-8-5-2/h7,9-10,12,16,18-19,21,25,27-28,32-33,35-36,38,40-41,67H,4-6,8,11,13-15,17,20,22-24,26,29-31,34,37,39,42-66H2,1-3H3/b10-7-,12-9-,19-16-,21-18-,28-25-,33-32-,36-35-,40-38-,41-27-. The summed E-state index contributed by atoms with van der Waals surface area (Å²) in [6, 6.07) is 0. The Labute approximate surface area is 470 Å². The van der Waals surface area contributed by atoms with Gasteiger partial charge in [0.1, 0.15) is 13.2 Å². The lowest BCUT2D eigenvalue weighted by Crippen LogP contribution is -2.30. The van der Waals surface area contributed by atoms with Crippen LogP contribution in [-0.2, 0) is 28.6 Å². The summed E-state index contributed by atoms with van der Waals surface area (Å²) in [5, 5.41) is 0. The van der Waals surface area contributed by atoms with Crippen LogP contribution in [0.3, 0.4) is 0 Å². The van der Waals surface area contributed by atoms with Gasteiger partial charge in [-0.2, -0.15) is 0 Å². The number of unbranched alkanes of at least 4 members (excludes halogenated alkanes) is 28. The molecule has 0 spiro atoms. The van der Waals surface area contributed by atoms with Crippen LogP contribution in [0.15, 0.2) is 109 Å². The van der Waals surface area contributed by atoms with E-state index in [1.54, 1.807) is 0 Å². The van der Waals surface area contributed by atoms with Crippen molar-refractivity contribution in [2.45, 2.75) is 303 Å². The molecular weight excluding hydrogens is 937 g/mol. The molecule has 0 saturated heterocycles. The number of rotatable bonds is 57. The summed E-state index contributed by atoms with van der Waals surface area (Å²) in [6.07, 6.45) is 86.6. The minimum atomic E-state index is -0.793. The third kappa shape index (κ3) is 60.9. The van der Waals surface area contributed by atoms with Crippen LogP contribution in [-0.4, -0.2) is 37.2 Å². The lowest BCUT2D eigenvalue weighted by Gasteiger charge is -2.18. The maximum atomic E-state index is 12.9. The topological polar surface area (TPSA) is 78.9 Å². The van der Waals surface area contributed by atoms with Crippen molar-refractivity contribution in [1.29, 1.82) is 0 Å². The zero-order valence-electron chi connectivity index (χ0n) is 49.7. The Bertz CT molecular complexity index is 1540. The highest BCUT2D eigenvalue weighted by Gasteiger charge is 2.19. The van der Waals surface area contributed by atoms with E-state index in [1.165, 1.54) is 109 Å². The number of esters is 3. The summed E-state index contributed by atoms with van der Waals surface area (Å²) < 4.78 is 16.9. The second-order valence-corrected chi connectivity index (χ2v) is 20.9. The van der Waals surface area contributed by atoms with Crippen molar-refractivity contribution in [3.05, 3.63) is 109 Å². The molecule has 0 aliphatic heterocycles. The van der Waals surface area contributed by atoms with Crippen molar-refractivity contribution in [1.82, 2.24) is 0 Å². The smallest absolute Gasteiger partial charge is 0.306 e. The third-order valence-corrected chi connectivity index (χ3v) is 13.5. The number of hydrogen-bond acceptors (Lipinski definition) is 6. The lowest BCUT2D eigenvalue weighted by molar-refractivity contribution is -0.167. The normalized spacial score (nSPS) is 12.8. The molecule has 0 heterocycles. The van der Waals surface area contributed by atoms with Gasteiger partial charge in [0.25, 0.3) is 0 Å². The molecular formula is C70H118O6. The third-order valence-electron chi connectivity index (χ3n) is 13.5. The van der Waals surface area contributed by atoms with Crippen LogP contribution in [0.25, 0.3) is 0 Å². The SMILES string of the molecule is CC/C=C\C/C=C\C/C=C\C/C=C\C/C=C\C/C=C\CCCCCCCCC(=O)OCC(COC(=O)CCCCCCC/C=C\C/C=C\C/C=C\CC)OC(=O)CCCCCCCCCCCCCCCCCCCC. The second-order valence-electron chi connectivity index (χ2n) is 20.9. The first-order valence-electron chi connectivity index (χ1n) is 31.9. The summed E-state index contributed by atoms with van der Waals surface area (Å²) >= 11 is 0. The highest BCUT2D eigenvalue weighted by molar-refractivity contribution is 5.71. The largest absolute Gasteiger partial charge is 0.462 e. The van der Waals surface area contributed by atoms with Gasteiger partial charge in [-0.05, 0) is 103 Å². The van der Waals surface area contributed by atoms with Crippen molar-refractivity contribution in [3.8, 4) is 0 Å². The van der Waals surface area contributed by atoms with Crippen LogP contribution in [0.5, 0.6) is 0 Å². The number of carbonyl (C=O) groups excluding carboxylic acids is 3. The average molecular weight is 1060 g/mol. The summed E-state index contributed by atoms with van der Waals surface area (Å²) in [5.41, 5.74) is 0. The molecule has 1 atom stereocenters. The van der Waals surface area contributed by atoms with Gasteiger partial charge in [-0.15, -0.1) is 0 Å². The number of carbonyl (C=O) groups is 3. The van der Waals surface area contributed by atoms with Crippen LogP contribution in [0.4, 0.5) is 0 Å². The van der Waals surface area contributed by atoms with E-state index in [2.05, 4.69) is 130 Å². The van der Waals surface area contributed by atoms with Gasteiger partial charge < -0.3 is 14.2 Å². The van der Waals surface area contributed by atoms with Crippen LogP contribution < -0.4 is 0 Å². The summed E-state index contributed by atoms with van der Waals surface area (Å²) in [5.74, 6) is -0.911. The summed E-state index contributed by atoms with van der Waals surface area (Å²) in [6.45, 7) is 6.41. The van der Waals surface area contributed by atoms with E-state index < -0.39 is 6.10 Å². The van der Waals surface area contributed by atoms with E-state index in [0.29, 0.717) is 19.3 Å². The first kappa shape index (κ1) is 72.1. The van der Waals surface area contributed by atoms with E-state index >= 15 is 0 Å². The van der Waals surface area contributed by atoms with Gasteiger partial charge in [0.2, 0.25) is 0 Å². The fourth-order valence-electron chi connectivity index (χ4n) is 8.81. The fraction of sp³-hybridized carbons (Fsp3) is 0.700. The Hall–Kier alpha value is -3.93. The van der Waals surface area contributed by atoms with Crippen LogP contribution in [0.1, 0.15) is 297 Å². The van der Waals surface area contributed by atoms with Gasteiger partial charge in [-0.1, -0.05) is 284 Å². The molecule has 0 amide bonds. The zero-order valence-corrected chi connectivity index (χ0v) is 49.7. The van der Waals surface area contributed by atoms with E-state index in [-0.39, 0.29) is 31.1 Å². The molecule has 0 rings (SSSR count). The quantitative estimate of drug-likeness (QED) is 0.0261. The molecule has 76 heavy (non-hydrogen) atoms. The molecule has 0 aliphatic rings. The first-order chi connectivity index (χ1) is 37.5. The van der Waals surface area contributed by atoms with Crippen LogP contribution >= 0.6 is 0 Å². The van der Waals surface area contributed by atoms with E-state index in [9.17, 15) is 14.4 Å². The Morgan fingerprint density at radius 1 is 0.276 bits per heavy atom. The Morgan fingerprint density at radius 2 is 0.513 bits per heavy atom. The van der Waals surface area contributed by atoms with Gasteiger partial charge in [-0.25, -0.2) is 0 Å². The van der Waals surface area contributed by atoms with Gasteiger partial charge in [0.05, 0.1) is 0 Å². The molecule has 6 nitrogen and oxygen atoms in total. The highest BCUT2D eigenvalue weighted by Crippen LogP contribution is 2.16. The molecule has 0 radical (unpaired) electrons. The zero-order chi connectivity index (χ0) is 55.0. The van der Waals surface area contributed by atoms with Gasteiger partial charge >= 0.3 is 17.9 Å². The van der Waals surface area contributed by atoms with E-state index in [0.717, 1.165) is 148 Å². The Balaban J connectivity index is 4.40. The predicted octanol–water partition coefficient (Wildman–Crippen LogP) is 21.8. The minimum Gasteiger partial charge on any atom is -0.462 e. The second kappa shape index (κ2) is 63.6. The molecule has 6 heteroatoms. The first-order valence-corrected chi connectivity index (χ1v) is 31.9. The molecule has 0 saturated carbocycles. The summed E-state index contributed by atoms with van der Waals surface area (Å²) in [4.78, 5) is 38.3. The summed E-state index contributed by atoms with van der Waals surface area (Å²) in [7, 11) is 0. The van der Waals surface area contributed by atoms with Crippen LogP contribution in [0, 0.1) is 0 Å². The average Bonchev–Trinajstić information content (AvgIpc) is 3.42. The van der Waals surface area contributed by atoms with Crippen molar-refractivity contribution in [2.24, 2.45) is 0 Å². The molecule has 0 aliphatic carbocycles. The van der Waals surface area contributed by atoms with E-state index in [1.807, 2.05) is 0 Å². The Kier molecular flexibility index (Phi) is 60.3. The van der Waals surface area contributed by atoms with Gasteiger partial charge in [-0.3, -0.25) is 14.4 Å². The van der Waals surface area contributed by atoms with Crippen molar-refractivity contribution < 1.29 is 28.6 Å². The number of ether oxygens (including phenoxy) is 3. The lowest BCUT2D eigenvalue weighted by atomic mass is 10.0. The molecule has 0 aromatic rings. The van der Waals surface area contributed by atoms with Crippen LogP contribution in [0.2, 0.25) is 0 Å².